The number of nitrogens with zero attached hydrogens (tertiary/aromatic N) is 2. The highest BCUT2D eigenvalue weighted by Gasteiger charge is 2.28. The maximum Gasteiger partial charge on any atom is 0.321 e. The molecule has 3 amide bonds. The largest absolute Gasteiger partial charge is 0.482 e. The van der Waals surface area contributed by atoms with Gasteiger partial charge in [0.25, 0.3) is 5.91 Å². The first-order chi connectivity index (χ1) is 16.2. The Morgan fingerprint density at radius 2 is 1.52 bits per heavy atom. The Bertz CT molecular complexity index is 1090. The van der Waals surface area contributed by atoms with Crippen LogP contribution in [0.5, 0.6) is 5.75 Å². The third kappa shape index (κ3) is 4.68. The zero-order valence-corrected chi connectivity index (χ0v) is 18.2. The van der Waals surface area contributed by atoms with Crippen LogP contribution in [0.2, 0.25) is 0 Å². The molecule has 0 saturated carbocycles. The van der Waals surface area contributed by atoms with Crippen LogP contribution in [0.1, 0.15) is 17.2 Å². The number of carbonyl (C=O) groups is 2. The Morgan fingerprint density at radius 1 is 0.879 bits per heavy atom. The van der Waals surface area contributed by atoms with Crippen molar-refractivity contribution in [1.29, 1.82) is 0 Å². The monoisotopic (exact) mass is 442 g/mol. The second-order valence-electron chi connectivity index (χ2n) is 8.22. The molecule has 2 aliphatic heterocycles. The molecule has 168 valence electrons. The Balaban J connectivity index is 1.25. The molecule has 0 unspecified atom stereocenters. The first-order valence-electron chi connectivity index (χ1n) is 11.1. The molecule has 2 N–H and O–H groups in total. The molecule has 1 saturated heterocycles. The summed E-state index contributed by atoms with van der Waals surface area (Å²) in [5.74, 6) is 0.405. The molecule has 3 aromatic rings. The number of fused-ring (bicyclic) bond motifs is 1. The number of piperazine rings is 1. The van der Waals surface area contributed by atoms with E-state index in [9.17, 15) is 9.59 Å². The SMILES string of the molecule is O=C1COc2ccc(NC(=O)N3CCN(C(c4ccccc4)c4ccccc4)CC3)cc2N1. The fourth-order valence-corrected chi connectivity index (χ4v) is 4.43. The van der Waals surface area contributed by atoms with Gasteiger partial charge in [0.05, 0.1) is 11.7 Å². The minimum Gasteiger partial charge on any atom is -0.482 e. The smallest absolute Gasteiger partial charge is 0.321 e. The maximum atomic E-state index is 12.9. The number of amides is 3. The number of rotatable bonds is 4. The lowest BCUT2D eigenvalue weighted by molar-refractivity contribution is -0.118. The molecule has 7 heteroatoms. The number of ether oxygens (including phenoxy) is 1. The normalized spacial score (nSPS) is 16.0. The summed E-state index contributed by atoms with van der Waals surface area (Å²) >= 11 is 0. The number of carbonyl (C=O) groups excluding carboxylic acids is 2. The molecule has 33 heavy (non-hydrogen) atoms. The van der Waals surface area contributed by atoms with Gasteiger partial charge in [0.15, 0.2) is 6.61 Å². The molecule has 2 heterocycles. The van der Waals surface area contributed by atoms with Crippen LogP contribution in [0.3, 0.4) is 0 Å². The average Bonchev–Trinajstić information content (AvgIpc) is 2.86. The van der Waals surface area contributed by atoms with Crippen molar-refractivity contribution in [2.75, 3.05) is 43.4 Å². The summed E-state index contributed by atoms with van der Waals surface area (Å²) < 4.78 is 5.38. The molecule has 0 radical (unpaired) electrons. The van der Waals surface area contributed by atoms with E-state index in [0.29, 0.717) is 30.2 Å². The van der Waals surface area contributed by atoms with Gasteiger partial charge in [-0.05, 0) is 29.3 Å². The van der Waals surface area contributed by atoms with Gasteiger partial charge in [-0.25, -0.2) is 4.79 Å². The molecule has 0 atom stereocenters. The van der Waals surface area contributed by atoms with Crippen LogP contribution in [0.4, 0.5) is 16.2 Å². The first-order valence-corrected chi connectivity index (χ1v) is 11.1. The molecule has 7 nitrogen and oxygen atoms in total. The van der Waals surface area contributed by atoms with Gasteiger partial charge in [-0.3, -0.25) is 9.69 Å². The van der Waals surface area contributed by atoms with Crippen LogP contribution in [0, 0.1) is 0 Å². The third-order valence-corrected chi connectivity index (χ3v) is 6.06. The molecule has 0 bridgehead atoms. The number of anilines is 2. The summed E-state index contributed by atoms with van der Waals surface area (Å²) in [6.07, 6.45) is 0. The summed E-state index contributed by atoms with van der Waals surface area (Å²) in [5, 5.41) is 5.71. The highest BCUT2D eigenvalue weighted by molar-refractivity contribution is 5.97. The summed E-state index contributed by atoms with van der Waals surface area (Å²) in [5.41, 5.74) is 3.70. The van der Waals surface area contributed by atoms with Gasteiger partial charge >= 0.3 is 6.03 Å². The summed E-state index contributed by atoms with van der Waals surface area (Å²) in [6, 6.07) is 26.3. The van der Waals surface area contributed by atoms with E-state index >= 15 is 0 Å². The summed E-state index contributed by atoms with van der Waals surface area (Å²) in [4.78, 5) is 28.7. The molecular formula is C26H26N4O3. The average molecular weight is 443 g/mol. The quantitative estimate of drug-likeness (QED) is 0.642. The lowest BCUT2D eigenvalue weighted by Gasteiger charge is -2.39. The highest BCUT2D eigenvalue weighted by Crippen LogP contribution is 2.31. The van der Waals surface area contributed by atoms with E-state index in [0.717, 1.165) is 13.1 Å². The van der Waals surface area contributed by atoms with E-state index < -0.39 is 0 Å². The number of hydrogen-bond acceptors (Lipinski definition) is 4. The van der Waals surface area contributed by atoms with Gasteiger partial charge in [-0.1, -0.05) is 60.7 Å². The fourth-order valence-electron chi connectivity index (χ4n) is 4.43. The van der Waals surface area contributed by atoms with E-state index in [1.165, 1.54) is 11.1 Å². The predicted molar refractivity (Wildman–Crippen MR) is 127 cm³/mol. The van der Waals surface area contributed by atoms with Crippen LogP contribution in [-0.2, 0) is 4.79 Å². The predicted octanol–water partition coefficient (Wildman–Crippen LogP) is 3.96. The van der Waals surface area contributed by atoms with Crippen molar-refractivity contribution in [3.05, 3.63) is 90.0 Å². The fraction of sp³-hybridized carbons (Fsp3) is 0.231. The van der Waals surface area contributed by atoms with Gasteiger partial charge in [-0.15, -0.1) is 0 Å². The molecule has 1 fully saturated rings. The molecular weight excluding hydrogens is 416 g/mol. The van der Waals surface area contributed by atoms with Crippen molar-refractivity contribution in [2.24, 2.45) is 0 Å². The van der Waals surface area contributed by atoms with E-state index in [2.05, 4.69) is 64.1 Å². The number of benzene rings is 3. The van der Waals surface area contributed by atoms with Crippen molar-refractivity contribution in [1.82, 2.24) is 9.80 Å². The van der Waals surface area contributed by atoms with E-state index in [4.69, 9.17) is 4.74 Å². The Kier molecular flexibility index (Phi) is 5.95. The summed E-state index contributed by atoms with van der Waals surface area (Å²) in [6.45, 7) is 2.82. The van der Waals surface area contributed by atoms with Crippen molar-refractivity contribution < 1.29 is 14.3 Å². The number of nitrogens with one attached hydrogen (secondary N) is 2. The number of urea groups is 1. The van der Waals surface area contributed by atoms with E-state index in [-0.39, 0.29) is 24.6 Å². The van der Waals surface area contributed by atoms with Gasteiger partial charge in [0.2, 0.25) is 0 Å². The molecule has 0 aliphatic carbocycles. The van der Waals surface area contributed by atoms with Crippen LogP contribution in [-0.4, -0.2) is 54.5 Å². The Labute approximate surface area is 193 Å². The van der Waals surface area contributed by atoms with E-state index in [1.807, 2.05) is 17.0 Å². The molecule has 0 spiro atoms. The second-order valence-corrected chi connectivity index (χ2v) is 8.22. The molecule has 3 aromatic carbocycles. The topological polar surface area (TPSA) is 73.9 Å². The Hall–Kier alpha value is -3.84. The van der Waals surface area contributed by atoms with Crippen molar-refractivity contribution in [3.63, 3.8) is 0 Å². The zero-order valence-electron chi connectivity index (χ0n) is 18.2. The molecule has 2 aliphatic rings. The molecule has 0 aromatic heterocycles. The second kappa shape index (κ2) is 9.34. The van der Waals surface area contributed by atoms with Gasteiger partial charge in [0, 0.05) is 31.9 Å². The number of hydrogen-bond donors (Lipinski definition) is 2. The minimum absolute atomic E-state index is 0.00986. The lowest BCUT2D eigenvalue weighted by Crippen LogP contribution is -2.51. The Morgan fingerprint density at radius 3 is 2.15 bits per heavy atom. The van der Waals surface area contributed by atoms with Crippen LogP contribution in [0.25, 0.3) is 0 Å². The zero-order chi connectivity index (χ0) is 22.6. The standard InChI is InChI=1S/C26H26N4O3/c31-24-18-33-23-12-11-21(17-22(23)28-24)27-26(32)30-15-13-29(14-16-30)25(19-7-3-1-4-8-19)20-9-5-2-6-10-20/h1-12,17,25H,13-16,18H2,(H,27,32)(H,28,31). The van der Waals surface area contributed by atoms with Crippen LogP contribution < -0.4 is 15.4 Å². The molecule has 5 rings (SSSR count). The van der Waals surface area contributed by atoms with Crippen molar-refractivity contribution in [2.45, 2.75) is 6.04 Å². The van der Waals surface area contributed by atoms with Crippen molar-refractivity contribution >= 4 is 23.3 Å². The summed E-state index contributed by atoms with van der Waals surface area (Å²) in [7, 11) is 0. The van der Waals surface area contributed by atoms with Crippen LogP contribution >= 0.6 is 0 Å². The van der Waals surface area contributed by atoms with E-state index in [1.54, 1.807) is 18.2 Å². The van der Waals surface area contributed by atoms with Crippen molar-refractivity contribution in [3.8, 4) is 5.75 Å². The lowest BCUT2D eigenvalue weighted by atomic mass is 9.96. The minimum atomic E-state index is -0.200. The first kappa shape index (κ1) is 21.0. The van der Waals surface area contributed by atoms with Gasteiger partial charge in [-0.2, -0.15) is 0 Å². The highest BCUT2D eigenvalue weighted by atomic mass is 16.5. The van der Waals surface area contributed by atoms with Crippen LogP contribution in [0.15, 0.2) is 78.9 Å². The maximum absolute atomic E-state index is 12.9. The van der Waals surface area contributed by atoms with Gasteiger partial charge in [0.1, 0.15) is 5.75 Å². The van der Waals surface area contributed by atoms with Gasteiger partial charge < -0.3 is 20.3 Å². The third-order valence-electron chi connectivity index (χ3n) is 6.06.